The van der Waals surface area contributed by atoms with Crippen LogP contribution in [0.1, 0.15) is 237 Å². The summed E-state index contributed by atoms with van der Waals surface area (Å²) in [5, 5.41) is 45.8. The van der Waals surface area contributed by atoms with Crippen molar-refractivity contribution >= 4 is 125 Å². The molecule has 4 amide bonds. The minimum Gasteiger partial charge on any atom is -1.00 e. The number of ether oxygens (including phenoxy) is 9. The summed E-state index contributed by atoms with van der Waals surface area (Å²) in [6, 6.07) is 27.8. The molecule has 118 heavy (non-hydrogen) atoms. The maximum Gasteiger partial charge on any atom is 1.00 e. The predicted octanol–water partition coefficient (Wildman–Crippen LogP) is 14.1. The summed E-state index contributed by atoms with van der Waals surface area (Å²) in [5.41, 5.74) is 1.84. The molecule has 0 radical (unpaired) electrons. The van der Waals surface area contributed by atoms with E-state index in [0.29, 0.717) is 32.8 Å². The number of alkyl carbamates (subject to hydrolysis) is 4. The van der Waals surface area contributed by atoms with Crippen molar-refractivity contribution in [2.45, 2.75) is 315 Å². The monoisotopic (exact) mass is 1920 g/mol. The summed E-state index contributed by atoms with van der Waals surface area (Å²) in [6.07, 6.45) is 10.1. The maximum atomic E-state index is 12.7. The first kappa shape index (κ1) is 109. The van der Waals surface area contributed by atoms with E-state index in [2.05, 4.69) is 97.1 Å². The molecular formula is C85H128BBr4N4NaO23. The summed E-state index contributed by atoms with van der Waals surface area (Å²) in [4.78, 5) is 94.3. The Morgan fingerprint density at radius 2 is 0.703 bits per heavy atom. The minimum absolute atomic E-state index is 0. The number of hydrogen-bond donors (Lipinski definition) is 8. The average Bonchev–Trinajstić information content (AvgIpc) is 1.63. The summed E-state index contributed by atoms with van der Waals surface area (Å²) < 4.78 is 64.0. The molecule has 0 unspecified atom stereocenters. The number of halogens is 4. The molecule has 3 saturated carbocycles. The molecule has 4 aromatic carbocycles. The van der Waals surface area contributed by atoms with Gasteiger partial charge in [-0.1, -0.05) is 137 Å². The van der Waals surface area contributed by atoms with E-state index in [4.69, 9.17) is 72.4 Å². The van der Waals surface area contributed by atoms with Gasteiger partial charge in [0.2, 0.25) is 0 Å². The molecule has 658 valence electrons. The Kier molecular flexibility index (Phi) is 50.6. The van der Waals surface area contributed by atoms with Crippen molar-refractivity contribution in [3.63, 3.8) is 0 Å². The van der Waals surface area contributed by atoms with Crippen molar-refractivity contribution in [3.8, 4) is 0 Å². The first-order valence-electron chi connectivity index (χ1n) is 39.7. The van der Waals surface area contributed by atoms with Gasteiger partial charge in [-0.3, -0.25) is 0 Å². The van der Waals surface area contributed by atoms with Crippen molar-refractivity contribution in [2.24, 2.45) is 0 Å². The van der Waals surface area contributed by atoms with Crippen molar-refractivity contribution in [2.75, 3.05) is 26.4 Å². The van der Waals surface area contributed by atoms with Crippen LogP contribution in [0.3, 0.4) is 0 Å². The fourth-order valence-electron chi connectivity index (χ4n) is 11.0. The minimum atomic E-state index is -1.20. The van der Waals surface area contributed by atoms with Crippen LogP contribution in [0.2, 0.25) is 0 Å². The van der Waals surface area contributed by atoms with E-state index in [-0.39, 0.29) is 99.6 Å². The quantitative estimate of drug-likeness (QED) is 0.00823. The number of rotatable bonds is 29. The second kappa shape index (κ2) is 54.9. The van der Waals surface area contributed by atoms with Crippen LogP contribution >= 0.6 is 63.7 Å². The van der Waals surface area contributed by atoms with Crippen molar-refractivity contribution in [3.05, 3.63) is 133 Å². The number of amides is 4. The van der Waals surface area contributed by atoms with Gasteiger partial charge in [0.05, 0.1) is 37.1 Å². The Morgan fingerprint density at radius 3 is 0.966 bits per heavy atom. The first-order valence-corrected chi connectivity index (χ1v) is 43.2. The van der Waals surface area contributed by atoms with Gasteiger partial charge >= 0.3 is 84.9 Å². The zero-order valence-corrected chi connectivity index (χ0v) is 80.2. The molecule has 8 rings (SSSR count). The second-order valence-corrected chi connectivity index (χ2v) is 36.8. The van der Waals surface area contributed by atoms with Gasteiger partial charge in [0.1, 0.15) is 58.8 Å². The molecule has 0 spiro atoms. The van der Waals surface area contributed by atoms with E-state index in [0.717, 1.165) is 105 Å². The van der Waals surface area contributed by atoms with Crippen molar-refractivity contribution < 1.29 is 142 Å². The van der Waals surface area contributed by atoms with Crippen LogP contribution in [0.15, 0.2) is 110 Å². The molecule has 4 atom stereocenters. The fraction of sp³-hybridized carbons (Fsp3) is 0.624. The molecule has 3 aliphatic carbocycles. The number of benzene rings is 4. The number of alkyl halides is 1. The Balaban J connectivity index is 0.000000765. The Bertz CT molecular complexity index is 3590. The number of esters is 2. The molecule has 1 saturated heterocycles. The van der Waals surface area contributed by atoms with Crippen LogP contribution in [0.5, 0.6) is 0 Å². The summed E-state index contributed by atoms with van der Waals surface area (Å²) >= 11 is 13.5. The van der Waals surface area contributed by atoms with Crippen LogP contribution in [0.4, 0.5) is 19.2 Å². The van der Waals surface area contributed by atoms with E-state index >= 15 is 0 Å². The molecule has 27 nitrogen and oxygen atoms in total. The number of aliphatic hydroxyl groups excluding tert-OH is 2. The summed E-state index contributed by atoms with van der Waals surface area (Å²) in [7, 11) is -0.407. The molecule has 4 fully saturated rings. The molecule has 1 heterocycles. The van der Waals surface area contributed by atoms with E-state index in [9.17, 15) is 38.4 Å². The van der Waals surface area contributed by atoms with Crippen LogP contribution in [0, 0.1) is 0 Å². The standard InChI is InChI=1S/C27H42BNO7.C21H30BrNO5.C16H22BrNO5.C9H17NO5.C7H6Br2.C5H10O.Na.H/c1-25(2,3)34-24(31)29-22(23(30)33-21-10-8-9-11-21)16-17-32-18-19-12-14-20(15-13-19)28-35-26(4,5)27(6,7)36-28;1-21(2,3)28-20(25)23-18(19(24)27-17-6-4-5-7-17)12-13-26-14-15-8-10-16(22)11-9-15;1-16(2,3)23-15(21)18-13(14(19)20)8-9-22-10-11-4-6-12(17)7-5-11;1-9(2,3)15-8(14)10-6(4-5-11)7(12)13;8-5-6-1-3-7(9)4-2-6;6-5-3-1-2-4-5;;/h12-15,21-22H,8-11,16-18H2,1-7H3,(H,29,31);8-11,17-18H,4-7,12-14H2,1-3H3,(H,23,25);4-7,13H,8-10H2,1-3H3,(H,18,21)(H,19,20);6,11H,4-5H2,1-3H3,(H,10,14)(H,12,13);1-4H,5H2;5-6H,1-4H2;;/q;;;;;;+1;-1/t22-;18-;13-;6-;;;;/m0000..../s1. The third-order valence-corrected chi connectivity index (χ3v) is 19.9. The molecule has 33 heteroatoms. The van der Waals surface area contributed by atoms with Gasteiger partial charge in [-0.05, 0) is 239 Å². The Labute approximate surface area is 755 Å². The predicted molar refractivity (Wildman–Crippen MR) is 462 cm³/mol. The number of carboxylic acid groups (broad SMARTS) is 2. The number of nitrogens with one attached hydrogen (secondary N) is 4. The molecule has 0 bridgehead atoms. The van der Waals surface area contributed by atoms with E-state index in [1.807, 2.05) is 113 Å². The molecular weight excluding hydrogens is 1800 g/mol. The number of carbonyl (C=O) groups is 8. The van der Waals surface area contributed by atoms with E-state index < -0.39 is 102 Å². The number of aliphatic carboxylic acids is 2. The fourth-order valence-corrected chi connectivity index (χ4v) is 12.2. The zero-order valence-electron chi connectivity index (χ0n) is 72.9. The van der Waals surface area contributed by atoms with E-state index in [1.54, 1.807) is 83.1 Å². The first-order chi connectivity index (χ1) is 54.6. The third-order valence-electron chi connectivity index (χ3n) is 17.7. The maximum absolute atomic E-state index is 12.7. The summed E-state index contributed by atoms with van der Waals surface area (Å²) in [5.74, 6) is -3.19. The Morgan fingerprint density at radius 1 is 0.441 bits per heavy atom. The van der Waals surface area contributed by atoms with Gasteiger partial charge < -0.3 is 95.1 Å². The smallest absolute Gasteiger partial charge is 1.00 e. The van der Waals surface area contributed by atoms with Gasteiger partial charge in [-0.15, -0.1) is 0 Å². The number of hydrogen-bond acceptors (Lipinski definition) is 21. The number of carbonyl (C=O) groups excluding carboxylic acids is 6. The van der Waals surface area contributed by atoms with Gasteiger partial charge in [-0.25, -0.2) is 38.4 Å². The second-order valence-electron chi connectivity index (χ2n) is 33.5. The van der Waals surface area contributed by atoms with Crippen molar-refractivity contribution in [1.82, 2.24) is 21.3 Å². The number of aliphatic hydroxyl groups is 2. The average molecular weight is 1930 g/mol. The van der Waals surface area contributed by atoms with Gasteiger partial charge in [0.25, 0.3) is 0 Å². The normalized spacial score (nSPS) is 16.1. The molecule has 4 aromatic rings. The zero-order chi connectivity index (χ0) is 87.7. The largest absolute Gasteiger partial charge is 1.00 e. The van der Waals surface area contributed by atoms with Crippen LogP contribution in [-0.2, 0) is 96.3 Å². The van der Waals surface area contributed by atoms with Crippen LogP contribution in [0.25, 0.3) is 0 Å². The third kappa shape index (κ3) is 49.0. The van der Waals surface area contributed by atoms with Gasteiger partial charge in [-0.2, -0.15) is 0 Å². The molecule has 0 aromatic heterocycles. The summed E-state index contributed by atoms with van der Waals surface area (Å²) in [6.45, 7) is 30.6. The molecule has 4 aliphatic rings. The van der Waals surface area contributed by atoms with Crippen LogP contribution < -0.4 is 56.3 Å². The number of carboxylic acids is 2. The molecule has 1 aliphatic heterocycles. The van der Waals surface area contributed by atoms with Gasteiger partial charge in [0.15, 0.2) is 0 Å². The molecule has 8 N–H and O–H groups in total. The van der Waals surface area contributed by atoms with Crippen molar-refractivity contribution in [1.29, 1.82) is 0 Å². The SMILES string of the molecule is BrCc1ccc(Br)cc1.CC(C)(C)OC(=O)N[C@@H](CCO)C(=O)O.CC(C)(C)OC(=O)N[C@@H](CCOCc1ccc(B2OC(C)(C)C(C)(C)O2)cc1)C(=O)OC1CCCC1.CC(C)(C)OC(=O)N[C@@H](CCOCc1ccc(Br)cc1)C(=O)O.CC(C)(C)OC(=O)N[C@@H](CCOCc1ccc(Br)cc1)C(=O)OC1CCCC1.OC1CCCC1.[H-].[Na+]. The topological polar surface area (TPSA) is 367 Å². The van der Waals surface area contributed by atoms with E-state index in [1.165, 1.54) is 18.4 Å². The van der Waals surface area contributed by atoms with Gasteiger partial charge in [0, 0.05) is 70.9 Å². The Hall–Kier alpha value is -5.46. The van der Waals surface area contributed by atoms with Crippen LogP contribution in [-0.4, -0.2) is 178 Å².